The summed E-state index contributed by atoms with van der Waals surface area (Å²) in [5.41, 5.74) is 0.650. The summed E-state index contributed by atoms with van der Waals surface area (Å²) < 4.78 is 44.9. The third-order valence-corrected chi connectivity index (χ3v) is 5.09. The Labute approximate surface area is 145 Å². The van der Waals surface area contributed by atoms with Crippen molar-refractivity contribution in [1.29, 1.82) is 0 Å². The number of ether oxygens (including phenoxy) is 1. The zero-order chi connectivity index (χ0) is 17.4. The third-order valence-electron chi connectivity index (χ3n) is 5.09. The fraction of sp³-hybridized carbons (Fsp3) is 0.400. The van der Waals surface area contributed by atoms with Crippen LogP contribution in [0.5, 0.6) is 5.75 Å². The van der Waals surface area contributed by atoms with Gasteiger partial charge in [-0.15, -0.1) is 0 Å². The lowest BCUT2D eigenvalue weighted by atomic mass is 10.0. The van der Waals surface area contributed by atoms with Crippen LogP contribution in [0.15, 0.2) is 48.5 Å². The van der Waals surface area contributed by atoms with Crippen LogP contribution in [0, 0.1) is 0 Å². The van der Waals surface area contributed by atoms with Gasteiger partial charge in [0.15, 0.2) is 0 Å². The summed E-state index contributed by atoms with van der Waals surface area (Å²) in [6.07, 6.45) is 0.229. The zero-order valence-corrected chi connectivity index (χ0v) is 13.7. The Hall–Kier alpha value is -2.01. The average molecular weight is 347 g/mol. The van der Waals surface area contributed by atoms with Crippen LogP contribution < -0.4 is 10.1 Å². The number of piperidine rings is 1. The van der Waals surface area contributed by atoms with Gasteiger partial charge in [-0.2, -0.15) is 13.2 Å². The lowest BCUT2D eigenvalue weighted by Crippen LogP contribution is -2.42. The number of nitrogens with one attached hydrogen (secondary N) is 1. The molecule has 4 rings (SSSR count). The van der Waals surface area contributed by atoms with Crippen molar-refractivity contribution in [2.24, 2.45) is 0 Å². The predicted octanol–water partition coefficient (Wildman–Crippen LogP) is 5.03. The van der Waals surface area contributed by atoms with Gasteiger partial charge in [0.1, 0.15) is 11.9 Å². The topological polar surface area (TPSA) is 21.3 Å². The Morgan fingerprint density at radius 2 is 1.52 bits per heavy atom. The molecule has 5 heteroatoms. The molecule has 2 aromatic rings. The molecule has 2 nitrogen and oxygen atoms in total. The normalized spacial score (nSPS) is 25.8. The minimum Gasteiger partial charge on any atom is -0.490 e. The quantitative estimate of drug-likeness (QED) is 0.840. The van der Waals surface area contributed by atoms with Gasteiger partial charge in [0.25, 0.3) is 0 Å². The highest BCUT2D eigenvalue weighted by Crippen LogP contribution is 2.34. The van der Waals surface area contributed by atoms with E-state index in [1.54, 1.807) is 6.07 Å². The molecule has 2 aliphatic heterocycles. The van der Waals surface area contributed by atoms with E-state index in [1.807, 2.05) is 24.3 Å². The predicted molar refractivity (Wildman–Crippen MR) is 90.5 cm³/mol. The van der Waals surface area contributed by atoms with E-state index in [2.05, 4.69) is 5.32 Å². The van der Waals surface area contributed by atoms with Crippen molar-refractivity contribution in [3.63, 3.8) is 0 Å². The van der Waals surface area contributed by atoms with E-state index in [0.29, 0.717) is 17.6 Å². The standard InChI is InChI=1S/C20H20F3NO/c21-20(22,23)15-5-1-3-13(9-15)14-4-2-6-18(10-14)25-19-11-16-7-8-17(12-19)24-16/h1-6,9-10,16-17,19,24H,7-8,11-12H2. The molecule has 2 heterocycles. The highest BCUT2D eigenvalue weighted by atomic mass is 19.4. The maximum atomic E-state index is 12.9. The van der Waals surface area contributed by atoms with Crippen molar-refractivity contribution in [1.82, 2.24) is 5.32 Å². The first kappa shape index (κ1) is 16.5. The molecule has 132 valence electrons. The van der Waals surface area contributed by atoms with Crippen molar-refractivity contribution >= 4 is 0 Å². The maximum absolute atomic E-state index is 12.9. The van der Waals surface area contributed by atoms with Gasteiger partial charge in [-0.25, -0.2) is 0 Å². The SMILES string of the molecule is FC(F)(F)c1cccc(-c2cccc(OC3CC4CCC(C3)N4)c2)c1. The number of fused-ring (bicyclic) bond motifs is 2. The highest BCUT2D eigenvalue weighted by Gasteiger charge is 2.34. The summed E-state index contributed by atoms with van der Waals surface area (Å²) in [5, 5.41) is 3.58. The molecular formula is C20H20F3NO. The fourth-order valence-corrected chi connectivity index (χ4v) is 3.92. The molecule has 1 N–H and O–H groups in total. The molecule has 2 saturated heterocycles. The lowest BCUT2D eigenvalue weighted by Gasteiger charge is -2.29. The van der Waals surface area contributed by atoms with E-state index in [0.717, 1.165) is 30.2 Å². The van der Waals surface area contributed by atoms with Gasteiger partial charge in [-0.05, 0) is 61.1 Å². The van der Waals surface area contributed by atoms with Crippen LogP contribution in [0.2, 0.25) is 0 Å². The zero-order valence-electron chi connectivity index (χ0n) is 13.7. The van der Waals surface area contributed by atoms with Crippen molar-refractivity contribution < 1.29 is 17.9 Å². The molecule has 0 radical (unpaired) electrons. The molecule has 2 fully saturated rings. The van der Waals surface area contributed by atoms with Crippen LogP contribution >= 0.6 is 0 Å². The number of benzene rings is 2. The summed E-state index contributed by atoms with van der Waals surface area (Å²) >= 11 is 0. The van der Waals surface area contributed by atoms with Crippen LogP contribution in [-0.2, 0) is 6.18 Å². The van der Waals surface area contributed by atoms with Crippen LogP contribution in [0.3, 0.4) is 0 Å². The molecule has 0 aliphatic carbocycles. The first-order valence-electron chi connectivity index (χ1n) is 8.68. The Bertz CT molecular complexity index is 747. The summed E-state index contributed by atoms with van der Waals surface area (Å²) in [6.45, 7) is 0. The summed E-state index contributed by atoms with van der Waals surface area (Å²) in [4.78, 5) is 0. The number of halogens is 3. The van der Waals surface area contributed by atoms with Gasteiger partial charge in [0, 0.05) is 12.1 Å². The van der Waals surface area contributed by atoms with Gasteiger partial charge in [0.05, 0.1) is 5.56 Å². The Morgan fingerprint density at radius 1 is 0.880 bits per heavy atom. The second-order valence-electron chi connectivity index (χ2n) is 6.96. The van der Waals surface area contributed by atoms with E-state index >= 15 is 0 Å². The van der Waals surface area contributed by atoms with Gasteiger partial charge in [0.2, 0.25) is 0 Å². The van der Waals surface area contributed by atoms with Gasteiger partial charge in [-0.1, -0.05) is 24.3 Å². The molecule has 2 aromatic carbocycles. The monoisotopic (exact) mass is 347 g/mol. The Morgan fingerprint density at radius 3 is 2.20 bits per heavy atom. The van der Waals surface area contributed by atoms with E-state index in [9.17, 15) is 13.2 Å². The average Bonchev–Trinajstić information content (AvgIpc) is 2.93. The fourth-order valence-electron chi connectivity index (χ4n) is 3.92. The smallest absolute Gasteiger partial charge is 0.416 e. The summed E-state index contributed by atoms with van der Waals surface area (Å²) in [7, 11) is 0. The Kier molecular flexibility index (Phi) is 4.20. The third kappa shape index (κ3) is 3.66. The van der Waals surface area contributed by atoms with Gasteiger partial charge < -0.3 is 10.1 Å². The van der Waals surface area contributed by atoms with Crippen molar-refractivity contribution in [2.75, 3.05) is 0 Å². The summed E-state index contributed by atoms with van der Waals surface area (Å²) in [6, 6.07) is 13.8. The lowest BCUT2D eigenvalue weighted by molar-refractivity contribution is -0.137. The molecule has 0 spiro atoms. The van der Waals surface area contributed by atoms with Gasteiger partial charge >= 0.3 is 6.18 Å². The van der Waals surface area contributed by atoms with Crippen LogP contribution in [-0.4, -0.2) is 18.2 Å². The molecular weight excluding hydrogens is 327 g/mol. The molecule has 2 aliphatic rings. The minimum absolute atomic E-state index is 0.176. The number of rotatable bonds is 3. The number of alkyl halides is 3. The van der Waals surface area contributed by atoms with E-state index in [1.165, 1.54) is 25.0 Å². The van der Waals surface area contributed by atoms with Gasteiger partial charge in [-0.3, -0.25) is 0 Å². The maximum Gasteiger partial charge on any atom is 0.416 e. The molecule has 0 saturated carbocycles. The van der Waals surface area contributed by atoms with Crippen molar-refractivity contribution in [3.05, 3.63) is 54.1 Å². The Balaban J connectivity index is 1.53. The highest BCUT2D eigenvalue weighted by molar-refractivity contribution is 5.66. The largest absolute Gasteiger partial charge is 0.490 e. The van der Waals surface area contributed by atoms with Crippen LogP contribution in [0.4, 0.5) is 13.2 Å². The second-order valence-corrected chi connectivity index (χ2v) is 6.96. The molecule has 2 atom stereocenters. The summed E-state index contributed by atoms with van der Waals surface area (Å²) in [5.74, 6) is 0.723. The number of hydrogen-bond acceptors (Lipinski definition) is 2. The molecule has 2 unspecified atom stereocenters. The molecule has 0 amide bonds. The first-order chi connectivity index (χ1) is 12.0. The van der Waals surface area contributed by atoms with Crippen molar-refractivity contribution in [2.45, 2.75) is 50.0 Å². The molecule has 2 bridgehead atoms. The van der Waals surface area contributed by atoms with Crippen molar-refractivity contribution in [3.8, 4) is 16.9 Å². The van der Waals surface area contributed by atoms with E-state index in [-0.39, 0.29) is 6.10 Å². The van der Waals surface area contributed by atoms with E-state index < -0.39 is 11.7 Å². The van der Waals surface area contributed by atoms with Crippen LogP contribution in [0.1, 0.15) is 31.2 Å². The molecule has 25 heavy (non-hydrogen) atoms. The minimum atomic E-state index is -4.33. The first-order valence-corrected chi connectivity index (χ1v) is 8.68. The number of hydrogen-bond donors (Lipinski definition) is 1. The molecule has 0 aromatic heterocycles. The van der Waals surface area contributed by atoms with E-state index in [4.69, 9.17) is 4.74 Å². The van der Waals surface area contributed by atoms with Crippen LogP contribution in [0.25, 0.3) is 11.1 Å². The second kappa shape index (κ2) is 6.37.